The molecule has 28 heavy (non-hydrogen) atoms. The van der Waals surface area contributed by atoms with Crippen molar-refractivity contribution in [3.63, 3.8) is 0 Å². The third-order valence-electron chi connectivity index (χ3n) is 5.55. The Morgan fingerprint density at radius 3 is 2.00 bits per heavy atom. The number of aryl methyl sites for hydroxylation is 2. The molecule has 0 radical (unpaired) electrons. The predicted octanol–water partition coefficient (Wildman–Crippen LogP) is 3.34. The minimum Gasteiger partial charge on any atom is -0.363 e. The van der Waals surface area contributed by atoms with Crippen molar-refractivity contribution in [2.45, 2.75) is 32.6 Å². The first-order valence-electron chi connectivity index (χ1n) is 9.20. The van der Waals surface area contributed by atoms with E-state index < -0.39 is 14.9 Å². The second-order valence-electron chi connectivity index (χ2n) is 7.23. The van der Waals surface area contributed by atoms with Gasteiger partial charge in [0.05, 0.1) is 9.82 Å². The number of rotatable bonds is 4. The number of piperazine rings is 1. The Morgan fingerprint density at radius 1 is 0.929 bits per heavy atom. The fourth-order valence-electron chi connectivity index (χ4n) is 3.75. The molecule has 1 saturated heterocycles. The molecule has 1 fully saturated rings. The molecule has 0 unspecified atom stereocenters. The van der Waals surface area contributed by atoms with Crippen LogP contribution in [0.5, 0.6) is 0 Å². The third kappa shape index (κ3) is 3.49. The summed E-state index contributed by atoms with van der Waals surface area (Å²) in [4.78, 5) is 13.2. The van der Waals surface area contributed by atoms with Crippen molar-refractivity contribution in [1.82, 2.24) is 4.31 Å². The average Bonchev–Trinajstić information content (AvgIpc) is 2.66. The van der Waals surface area contributed by atoms with Gasteiger partial charge >= 0.3 is 0 Å². The van der Waals surface area contributed by atoms with Crippen LogP contribution in [0.3, 0.4) is 0 Å². The lowest BCUT2D eigenvalue weighted by Crippen LogP contribution is -2.49. The molecule has 1 aliphatic heterocycles. The lowest BCUT2D eigenvalue weighted by atomic mass is 10.0. The fourth-order valence-corrected chi connectivity index (χ4v) is 5.75. The molecular formula is C20H25N3O4S. The van der Waals surface area contributed by atoms with Crippen LogP contribution in [-0.4, -0.2) is 43.8 Å². The summed E-state index contributed by atoms with van der Waals surface area (Å²) in [5.41, 5.74) is 4.05. The zero-order valence-corrected chi connectivity index (χ0v) is 17.4. The summed E-state index contributed by atoms with van der Waals surface area (Å²) in [7, 11) is -3.63. The molecule has 2 aromatic rings. The lowest BCUT2D eigenvalue weighted by Gasteiger charge is -2.35. The van der Waals surface area contributed by atoms with E-state index in [0.717, 1.165) is 22.3 Å². The Hall–Kier alpha value is -2.45. The molecule has 1 aliphatic rings. The van der Waals surface area contributed by atoms with Crippen LogP contribution in [0.1, 0.15) is 22.3 Å². The third-order valence-corrected chi connectivity index (χ3v) is 7.73. The van der Waals surface area contributed by atoms with E-state index in [2.05, 4.69) is 0 Å². The van der Waals surface area contributed by atoms with Gasteiger partial charge in [0.15, 0.2) is 0 Å². The summed E-state index contributed by atoms with van der Waals surface area (Å²) < 4.78 is 28.2. The van der Waals surface area contributed by atoms with Gasteiger partial charge in [-0.05, 0) is 56.0 Å². The van der Waals surface area contributed by atoms with Gasteiger partial charge in [-0.25, -0.2) is 8.42 Å². The number of hydrogen-bond acceptors (Lipinski definition) is 5. The van der Waals surface area contributed by atoms with E-state index in [0.29, 0.717) is 36.8 Å². The molecule has 0 N–H and O–H groups in total. The van der Waals surface area contributed by atoms with Crippen LogP contribution in [0, 0.1) is 37.8 Å². The second kappa shape index (κ2) is 7.52. The van der Waals surface area contributed by atoms with E-state index in [1.165, 1.54) is 10.4 Å². The van der Waals surface area contributed by atoms with E-state index in [1.54, 1.807) is 18.2 Å². The van der Waals surface area contributed by atoms with Crippen LogP contribution in [0.15, 0.2) is 35.2 Å². The van der Waals surface area contributed by atoms with Crippen LogP contribution in [0.4, 0.5) is 11.4 Å². The van der Waals surface area contributed by atoms with Gasteiger partial charge in [-0.15, -0.1) is 0 Å². The highest BCUT2D eigenvalue weighted by Crippen LogP contribution is 2.32. The maximum absolute atomic E-state index is 13.4. The molecular weight excluding hydrogens is 378 g/mol. The standard InChI is InChI=1S/C20H25N3O4S/c1-14-13-15(2)17(4)20(16(14)3)28(26,27)22-11-9-21(10-12-22)18-7-5-6-8-19(18)23(24)25/h5-8,13H,9-12H2,1-4H3. The largest absolute Gasteiger partial charge is 0.363 e. The van der Waals surface area contributed by atoms with E-state index in [-0.39, 0.29) is 5.69 Å². The van der Waals surface area contributed by atoms with Crippen molar-refractivity contribution in [1.29, 1.82) is 0 Å². The fraction of sp³-hybridized carbons (Fsp3) is 0.400. The van der Waals surface area contributed by atoms with E-state index >= 15 is 0 Å². The molecule has 1 heterocycles. The molecule has 0 amide bonds. The van der Waals surface area contributed by atoms with Crippen LogP contribution < -0.4 is 4.90 Å². The van der Waals surface area contributed by atoms with Crippen molar-refractivity contribution in [2.24, 2.45) is 0 Å². The van der Waals surface area contributed by atoms with Gasteiger partial charge in [0.1, 0.15) is 5.69 Å². The minimum atomic E-state index is -3.63. The Labute approximate surface area is 165 Å². The molecule has 0 aromatic heterocycles. The summed E-state index contributed by atoms with van der Waals surface area (Å²) in [6.45, 7) is 8.94. The second-order valence-corrected chi connectivity index (χ2v) is 9.10. The van der Waals surface area contributed by atoms with Gasteiger partial charge in [-0.1, -0.05) is 18.2 Å². The molecule has 150 valence electrons. The molecule has 0 saturated carbocycles. The molecule has 0 spiro atoms. The molecule has 2 aromatic carbocycles. The minimum absolute atomic E-state index is 0.0415. The van der Waals surface area contributed by atoms with Gasteiger partial charge in [0, 0.05) is 32.2 Å². The highest BCUT2D eigenvalue weighted by molar-refractivity contribution is 7.89. The number of anilines is 1. The Balaban J connectivity index is 1.87. The van der Waals surface area contributed by atoms with Crippen molar-refractivity contribution < 1.29 is 13.3 Å². The number of nitrogens with zero attached hydrogens (tertiary/aromatic N) is 3. The molecule has 0 bridgehead atoms. The molecule has 0 aliphatic carbocycles. The van der Waals surface area contributed by atoms with Crippen LogP contribution in [0.25, 0.3) is 0 Å². The maximum atomic E-state index is 13.4. The monoisotopic (exact) mass is 403 g/mol. The zero-order chi connectivity index (χ0) is 20.6. The highest BCUT2D eigenvalue weighted by Gasteiger charge is 2.33. The predicted molar refractivity (Wildman–Crippen MR) is 109 cm³/mol. The molecule has 0 atom stereocenters. The first-order chi connectivity index (χ1) is 13.1. The number of nitro benzene ring substituents is 1. The maximum Gasteiger partial charge on any atom is 0.292 e. The Bertz CT molecular complexity index is 1000. The van der Waals surface area contributed by atoms with Crippen LogP contribution in [-0.2, 0) is 10.0 Å². The molecule has 8 heteroatoms. The summed E-state index contributed by atoms with van der Waals surface area (Å²) in [5.74, 6) is 0. The first kappa shape index (κ1) is 20.3. The van der Waals surface area contributed by atoms with Crippen molar-refractivity contribution in [3.8, 4) is 0 Å². The van der Waals surface area contributed by atoms with E-state index in [9.17, 15) is 18.5 Å². The van der Waals surface area contributed by atoms with Gasteiger partial charge in [-0.2, -0.15) is 4.31 Å². The highest BCUT2D eigenvalue weighted by atomic mass is 32.2. The topological polar surface area (TPSA) is 83.8 Å². The zero-order valence-electron chi connectivity index (χ0n) is 16.6. The summed E-state index contributed by atoms with van der Waals surface area (Å²) in [5, 5.41) is 11.3. The molecule has 7 nitrogen and oxygen atoms in total. The average molecular weight is 404 g/mol. The normalized spacial score (nSPS) is 15.6. The molecule has 3 rings (SSSR count). The first-order valence-corrected chi connectivity index (χ1v) is 10.6. The van der Waals surface area contributed by atoms with Crippen molar-refractivity contribution in [2.75, 3.05) is 31.1 Å². The van der Waals surface area contributed by atoms with Crippen molar-refractivity contribution >= 4 is 21.4 Å². The van der Waals surface area contributed by atoms with Crippen molar-refractivity contribution in [3.05, 3.63) is 62.7 Å². The lowest BCUT2D eigenvalue weighted by molar-refractivity contribution is -0.384. The SMILES string of the molecule is Cc1cc(C)c(C)c(S(=O)(=O)N2CCN(c3ccccc3[N+](=O)[O-])CC2)c1C. The summed E-state index contributed by atoms with van der Waals surface area (Å²) >= 11 is 0. The van der Waals surface area contributed by atoms with Gasteiger partial charge in [-0.3, -0.25) is 10.1 Å². The summed E-state index contributed by atoms with van der Waals surface area (Å²) in [6, 6.07) is 8.58. The van der Waals surface area contributed by atoms with Gasteiger partial charge < -0.3 is 4.90 Å². The Morgan fingerprint density at radius 2 is 1.46 bits per heavy atom. The van der Waals surface area contributed by atoms with E-state index in [1.807, 2.05) is 38.7 Å². The van der Waals surface area contributed by atoms with Crippen LogP contribution >= 0.6 is 0 Å². The number of hydrogen-bond donors (Lipinski definition) is 0. The van der Waals surface area contributed by atoms with Gasteiger partial charge in [0.2, 0.25) is 10.0 Å². The van der Waals surface area contributed by atoms with Crippen LogP contribution in [0.2, 0.25) is 0 Å². The number of para-hydroxylation sites is 2. The van der Waals surface area contributed by atoms with E-state index in [4.69, 9.17) is 0 Å². The number of benzene rings is 2. The summed E-state index contributed by atoms with van der Waals surface area (Å²) in [6.07, 6.45) is 0. The van der Waals surface area contributed by atoms with Gasteiger partial charge in [0.25, 0.3) is 5.69 Å². The number of sulfonamides is 1. The quantitative estimate of drug-likeness (QED) is 0.577. The Kier molecular flexibility index (Phi) is 5.45. The number of nitro groups is 1. The smallest absolute Gasteiger partial charge is 0.292 e.